The molecule has 1 aromatic heterocycles. The Bertz CT molecular complexity index is 1000. The lowest BCUT2D eigenvalue weighted by molar-refractivity contribution is -0.148. The number of allylic oxidation sites excluding steroid dienone is 1. The molecule has 6 nitrogen and oxygen atoms in total. The first-order valence-electron chi connectivity index (χ1n) is 12.5. The van der Waals surface area contributed by atoms with E-state index in [9.17, 15) is 9.59 Å². The van der Waals surface area contributed by atoms with Gasteiger partial charge in [-0.05, 0) is 80.2 Å². The Labute approximate surface area is 196 Å². The van der Waals surface area contributed by atoms with E-state index in [-0.39, 0.29) is 28.8 Å². The van der Waals surface area contributed by atoms with E-state index in [2.05, 4.69) is 35.4 Å². The number of carbonyl (C=O) groups excluding carboxylic acids is 2. The average molecular weight is 450 g/mol. The number of esters is 1. The number of ether oxygens (including phenoxy) is 1. The minimum atomic E-state index is -0.173. The number of nitrogens with one attached hydrogen (secondary N) is 1. The molecule has 6 heteroatoms. The van der Waals surface area contributed by atoms with Crippen LogP contribution >= 0.6 is 0 Å². The number of fused-ring (bicyclic) bond motifs is 5. The second-order valence-corrected chi connectivity index (χ2v) is 11.0. The van der Waals surface area contributed by atoms with Crippen LogP contribution in [0.3, 0.4) is 0 Å². The van der Waals surface area contributed by atoms with Gasteiger partial charge in [0.25, 0.3) is 5.91 Å². The summed E-state index contributed by atoms with van der Waals surface area (Å²) in [4.78, 5) is 27.9. The fraction of sp³-hybridized carbons (Fsp3) is 0.630. The summed E-state index contributed by atoms with van der Waals surface area (Å²) >= 11 is 0. The van der Waals surface area contributed by atoms with Gasteiger partial charge in [-0.25, -0.2) is 5.43 Å². The minimum absolute atomic E-state index is 0.0430. The van der Waals surface area contributed by atoms with Crippen LogP contribution in [0.25, 0.3) is 0 Å². The quantitative estimate of drug-likeness (QED) is 0.397. The monoisotopic (exact) mass is 449 g/mol. The normalized spacial score (nSPS) is 38.5. The van der Waals surface area contributed by atoms with Gasteiger partial charge >= 0.3 is 5.97 Å². The molecular formula is C27H35N3O3. The smallest absolute Gasteiger partial charge is 0.302 e. The molecule has 6 unspecified atom stereocenters. The molecule has 176 valence electrons. The van der Waals surface area contributed by atoms with Crippen molar-refractivity contribution in [3.8, 4) is 0 Å². The number of hydrogen-bond acceptors (Lipinski definition) is 5. The maximum Gasteiger partial charge on any atom is 0.302 e. The lowest BCUT2D eigenvalue weighted by Gasteiger charge is -2.57. The summed E-state index contributed by atoms with van der Waals surface area (Å²) in [7, 11) is 0. The van der Waals surface area contributed by atoms with Crippen molar-refractivity contribution in [3.05, 3.63) is 41.7 Å². The van der Waals surface area contributed by atoms with Crippen molar-refractivity contribution in [1.29, 1.82) is 0 Å². The van der Waals surface area contributed by atoms with Crippen LogP contribution in [0.5, 0.6) is 0 Å². The molecule has 4 aliphatic rings. The molecule has 1 amide bonds. The van der Waals surface area contributed by atoms with E-state index in [0.29, 0.717) is 23.3 Å². The highest BCUT2D eigenvalue weighted by molar-refractivity contribution is 5.97. The third-order valence-electron chi connectivity index (χ3n) is 9.37. The van der Waals surface area contributed by atoms with Crippen molar-refractivity contribution >= 4 is 17.6 Å². The van der Waals surface area contributed by atoms with Gasteiger partial charge in [-0.3, -0.25) is 14.6 Å². The molecule has 0 saturated heterocycles. The van der Waals surface area contributed by atoms with Gasteiger partial charge in [0.15, 0.2) is 0 Å². The minimum Gasteiger partial charge on any atom is -0.462 e. The zero-order valence-electron chi connectivity index (χ0n) is 20.0. The molecular weight excluding hydrogens is 414 g/mol. The topological polar surface area (TPSA) is 80.6 Å². The van der Waals surface area contributed by atoms with Gasteiger partial charge in [-0.2, -0.15) is 5.10 Å². The second-order valence-electron chi connectivity index (χ2n) is 11.0. The zero-order valence-corrected chi connectivity index (χ0v) is 20.0. The Morgan fingerprint density at radius 1 is 1.09 bits per heavy atom. The van der Waals surface area contributed by atoms with Gasteiger partial charge in [-0.1, -0.05) is 25.5 Å². The number of amides is 1. The van der Waals surface area contributed by atoms with Crippen molar-refractivity contribution in [1.82, 2.24) is 10.4 Å². The van der Waals surface area contributed by atoms with Crippen molar-refractivity contribution in [2.45, 2.75) is 78.2 Å². The molecule has 1 heterocycles. The van der Waals surface area contributed by atoms with Gasteiger partial charge in [0, 0.05) is 42.4 Å². The maximum atomic E-state index is 12.5. The Hall–Kier alpha value is -2.50. The molecule has 5 rings (SSSR count). The highest BCUT2D eigenvalue weighted by atomic mass is 16.5. The molecule has 1 N–H and O–H groups in total. The Morgan fingerprint density at radius 3 is 2.58 bits per heavy atom. The fourth-order valence-electron chi connectivity index (χ4n) is 7.62. The number of hydrogen-bond donors (Lipinski definition) is 1. The predicted molar refractivity (Wildman–Crippen MR) is 126 cm³/mol. The molecule has 3 saturated carbocycles. The van der Waals surface area contributed by atoms with Gasteiger partial charge in [0.1, 0.15) is 6.10 Å². The summed E-state index contributed by atoms with van der Waals surface area (Å²) in [5, 5.41) is 4.66. The van der Waals surface area contributed by atoms with E-state index in [1.165, 1.54) is 18.9 Å². The predicted octanol–water partition coefficient (Wildman–Crippen LogP) is 5.06. The summed E-state index contributed by atoms with van der Waals surface area (Å²) in [6.45, 7) is 6.35. The molecule has 0 bridgehead atoms. The van der Waals surface area contributed by atoms with Gasteiger partial charge in [0.2, 0.25) is 0 Å². The number of aromatic nitrogens is 1. The summed E-state index contributed by atoms with van der Waals surface area (Å²) in [5.41, 5.74) is 6.35. The number of pyridine rings is 1. The highest BCUT2D eigenvalue weighted by Gasteiger charge is 2.58. The third kappa shape index (κ3) is 3.81. The number of rotatable bonds is 3. The van der Waals surface area contributed by atoms with E-state index >= 15 is 0 Å². The van der Waals surface area contributed by atoms with Crippen LogP contribution in [-0.2, 0) is 9.53 Å². The number of carbonyl (C=O) groups is 2. The van der Waals surface area contributed by atoms with Crippen LogP contribution in [0.15, 0.2) is 41.3 Å². The SMILES string of the molecule is CC(=O)OC1CCC2(C)C(=CCC3C2CCC2(C)C(=NNC(=O)c4ccncc4)CCC32)C1. The summed E-state index contributed by atoms with van der Waals surface area (Å²) in [6, 6.07) is 3.42. The number of hydrazone groups is 1. The highest BCUT2D eigenvalue weighted by Crippen LogP contribution is 2.64. The standard InChI is InChI=1S/C27H35N3O3/c1-17(31)33-20-8-12-26(2)19(16-20)4-5-21-22-6-7-24(27(22,3)13-9-23(21)26)29-30-25(32)18-10-14-28-15-11-18/h4,10-11,14-15,20-23H,5-9,12-13,16H2,1-3H3,(H,30,32). The van der Waals surface area contributed by atoms with Crippen molar-refractivity contribution in [2.75, 3.05) is 0 Å². The fourth-order valence-corrected chi connectivity index (χ4v) is 7.62. The first kappa shape index (κ1) is 22.3. The van der Waals surface area contributed by atoms with E-state index in [1.807, 2.05) is 0 Å². The Kier molecular flexibility index (Phi) is 5.66. The van der Waals surface area contributed by atoms with Gasteiger partial charge in [0.05, 0.1) is 0 Å². The molecule has 0 spiro atoms. The van der Waals surface area contributed by atoms with Gasteiger partial charge in [-0.15, -0.1) is 0 Å². The second kappa shape index (κ2) is 8.37. The Balaban J connectivity index is 1.33. The first-order chi connectivity index (χ1) is 15.8. The third-order valence-corrected chi connectivity index (χ3v) is 9.37. The van der Waals surface area contributed by atoms with Crippen LogP contribution in [-0.4, -0.2) is 28.7 Å². The summed E-state index contributed by atoms with van der Waals surface area (Å²) in [5.74, 6) is 1.60. The molecule has 6 atom stereocenters. The van der Waals surface area contributed by atoms with Crippen molar-refractivity contribution < 1.29 is 14.3 Å². The maximum absolute atomic E-state index is 12.5. The van der Waals surface area contributed by atoms with E-state index in [1.54, 1.807) is 24.5 Å². The Morgan fingerprint density at radius 2 is 1.82 bits per heavy atom. The molecule has 1 aromatic rings. The van der Waals surface area contributed by atoms with E-state index in [4.69, 9.17) is 4.74 Å². The number of nitrogens with zero attached hydrogens (tertiary/aromatic N) is 2. The molecule has 0 aromatic carbocycles. The van der Waals surface area contributed by atoms with E-state index in [0.717, 1.165) is 50.7 Å². The molecule has 3 fully saturated rings. The lowest BCUT2D eigenvalue weighted by atomic mass is 9.48. The van der Waals surface area contributed by atoms with Crippen LogP contribution < -0.4 is 5.43 Å². The lowest BCUT2D eigenvalue weighted by Crippen LogP contribution is -2.50. The summed E-state index contributed by atoms with van der Waals surface area (Å²) in [6.07, 6.45) is 14.3. The van der Waals surface area contributed by atoms with Crippen molar-refractivity contribution in [3.63, 3.8) is 0 Å². The van der Waals surface area contributed by atoms with E-state index < -0.39 is 0 Å². The summed E-state index contributed by atoms with van der Waals surface area (Å²) < 4.78 is 5.57. The van der Waals surface area contributed by atoms with Crippen molar-refractivity contribution in [2.24, 2.45) is 33.7 Å². The largest absolute Gasteiger partial charge is 0.462 e. The van der Waals surface area contributed by atoms with Crippen LogP contribution in [0.2, 0.25) is 0 Å². The van der Waals surface area contributed by atoms with Gasteiger partial charge < -0.3 is 4.74 Å². The van der Waals surface area contributed by atoms with Crippen LogP contribution in [0.4, 0.5) is 0 Å². The average Bonchev–Trinajstić information content (AvgIpc) is 3.14. The molecule has 0 aliphatic heterocycles. The first-order valence-corrected chi connectivity index (χ1v) is 12.5. The molecule has 4 aliphatic carbocycles. The molecule has 0 radical (unpaired) electrons. The van der Waals surface area contributed by atoms with Crippen LogP contribution in [0.1, 0.15) is 82.5 Å². The zero-order chi connectivity index (χ0) is 23.2. The molecule has 33 heavy (non-hydrogen) atoms. The van der Waals surface area contributed by atoms with Crippen LogP contribution in [0, 0.1) is 28.6 Å².